The number of alkyl halides is 3. The SMILES string of the molecule is FC(F)(F)c1cccc(CO/N=C/c2c(-c3ccc(Cl)cc3)nc3sc4c(n23)CCCC4)c1. The first-order valence-corrected chi connectivity index (χ1v) is 11.7. The zero-order chi connectivity index (χ0) is 23.0. The summed E-state index contributed by atoms with van der Waals surface area (Å²) in [7, 11) is 0. The Labute approximate surface area is 197 Å². The van der Waals surface area contributed by atoms with Gasteiger partial charge >= 0.3 is 6.18 Å². The van der Waals surface area contributed by atoms with E-state index in [9.17, 15) is 13.2 Å². The number of halogens is 4. The van der Waals surface area contributed by atoms with Crippen LogP contribution in [0.3, 0.4) is 0 Å². The summed E-state index contributed by atoms with van der Waals surface area (Å²) in [5.74, 6) is 0. The molecule has 2 aromatic carbocycles. The molecule has 0 unspecified atom stereocenters. The minimum atomic E-state index is -4.39. The number of nitrogens with zero attached hydrogens (tertiary/aromatic N) is 3. The number of hydrogen-bond acceptors (Lipinski definition) is 4. The lowest BCUT2D eigenvalue weighted by Gasteiger charge is -2.11. The van der Waals surface area contributed by atoms with Crippen molar-refractivity contribution in [3.8, 4) is 11.3 Å². The second-order valence-electron chi connectivity index (χ2n) is 7.86. The first kappa shape index (κ1) is 22.0. The normalized spacial score (nSPS) is 14.2. The molecule has 4 aromatic rings. The fourth-order valence-electron chi connectivity index (χ4n) is 4.04. The van der Waals surface area contributed by atoms with Gasteiger partial charge in [0, 0.05) is 21.2 Å². The van der Waals surface area contributed by atoms with Crippen LogP contribution in [-0.4, -0.2) is 15.6 Å². The lowest BCUT2D eigenvalue weighted by molar-refractivity contribution is -0.137. The average Bonchev–Trinajstić information content (AvgIpc) is 3.33. The van der Waals surface area contributed by atoms with Crippen molar-refractivity contribution in [3.05, 3.63) is 80.9 Å². The van der Waals surface area contributed by atoms with E-state index in [-0.39, 0.29) is 6.61 Å². The second-order valence-corrected chi connectivity index (χ2v) is 9.35. The highest BCUT2D eigenvalue weighted by atomic mass is 35.5. The number of thiazole rings is 1. The summed E-state index contributed by atoms with van der Waals surface area (Å²) < 4.78 is 40.9. The van der Waals surface area contributed by atoms with Crippen molar-refractivity contribution in [1.29, 1.82) is 0 Å². The summed E-state index contributed by atoms with van der Waals surface area (Å²) in [6.45, 7) is -0.0691. The molecular weight excluding hydrogens is 471 g/mol. The first-order chi connectivity index (χ1) is 15.9. The van der Waals surface area contributed by atoms with Crippen LogP contribution in [0.4, 0.5) is 13.2 Å². The maximum absolute atomic E-state index is 12.9. The predicted molar refractivity (Wildman–Crippen MR) is 124 cm³/mol. The minimum Gasteiger partial charge on any atom is -0.391 e. The Morgan fingerprint density at radius 2 is 1.91 bits per heavy atom. The highest BCUT2D eigenvalue weighted by Gasteiger charge is 2.30. The van der Waals surface area contributed by atoms with Crippen molar-refractivity contribution >= 4 is 34.1 Å². The molecule has 0 bridgehead atoms. The van der Waals surface area contributed by atoms with Crippen LogP contribution in [0.2, 0.25) is 5.02 Å². The van der Waals surface area contributed by atoms with Crippen molar-refractivity contribution < 1.29 is 18.0 Å². The molecular formula is C24H19ClF3N3OS. The van der Waals surface area contributed by atoms with E-state index in [0.717, 1.165) is 53.3 Å². The van der Waals surface area contributed by atoms with Gasteiger partial charge in [-0.1, -0.05) is 41.0 Å². The van der Waals surface area contributed by atoms with Crippen molar-refractivity contribution in [1.82, 2.24) is 9.38 Å². The van der Waals surface area contributed by atoms with Crippen LogP contribution in [0.15, 0.2) is 53.7 Å². The number of benzene rings is 2. The van der Waals surface area contributed by atoms with Crippen LogP contribution in [0.1, 0.15) is 40.2 Å². The Balaban J connectivity index is 1.46. The van der Waals surface area contributed by atoms with Gasteiger partial charge in [-0.15, -0.1) is 11.3 Å². The summed E-state index contributed by atoms with van der Waals surface area (Å²) in [6, 6.07) is 12.5. The summed E-state index contributed by atoms with van der Waals surface area (Å²) in [5.41, 5.74) is 3.38. The highest BCUT2D eigenvalue weighted by molar-refractivity contribution is 7.17. The fourth-order valence-corrected chi connectivity index (χ4v) is 5.38. The van der Waals surface area contributed by atoms with Gasteiger partial charge in [0.05, 0.1) is 23.2 Å². The monoisotopic (exact) mass is 489 g/mol. The lowest BCUT2D eigenvalue weighted by Crippen LogP contribution is -2.06. The van der Waals surface area contributed by atoms with Gasteiger partial charge < -0.3 is 4.84 Å². The average molecular weight is 490 g/mol. The maximum Gasteiger partial charge on any atom is 0.416 e. The number of aromatic nitrogens is 2. The van der Waals surface area contributed by atoms with E-state index in [1.54, 1.807) is 23.6 Å². The van der Waals surface area contributed by atoms with E-state index in [2.05, 4.69) is 9.56 Å². The molecule has 0 N–H and O–H groups in total. The molecule has 9 heteroatoms. The third-order valence-corrected chi connectivity index (χ3v) is 7.00. The van der Waals surface area contributed by atoms with Crippen molar-refractivity contribution in [2.75, 3.05) is 0 Å². The number of hydrogen-bond donors (Lipinski definition) is 0. The predicted octanol–water partition coefficient (Wildman–Crippen LogP) is 7.16. The molecule has 0 saturated heterocycles. The molecule has 0 fully saturated rings. The summed E-state index contributed by atoms with van der Waals surface area (Å²) in [5, 5.41) is 4.73. The largest absolute Gasteiger partial charge is 0.416 e. The Hall–Kier alpha value is -2.84. The highest BCUT2D eigenvalue weighted by Crippen LogP contribution is 2.35. The van der Waals surface area contributed by atoms with Gasteiger partial charge in [-0.05, 0) is 55.5 Å². The first-order valence-electron chi connectivity index (χ1n) is 10.5. The topological polar surface area (TPSA) is 38.9 Å². The summed E-state index contributed by atoms with van der Waals surface area (Å²) >= 11 is 7.74. The molecule has 170 valence electrons. The Morgan fingerprint density at radius 1 is 1.12 bits per heavy atom. The van der Waals surface area contributed by atoms with Crippen molar-refractivity contribution in [2.45, 2.75) is 38.5 Å². The van der Waals surface area contributed by atoms with E-state index in [0.29, 0.717) is 10.6 Å². The van der Waals surface area contributed by atoms with E-state index in [1.165, 1.54) is 23.1 Å². The number of aryl methyl sites for hydroxylation is 2. The molecule has 0 amide bonds. The van der Waals surface area contributed by atoms with Crippen LogP contribution in [0.5, 0.6) is 0 Å². The molecule has 0 saturated carbocycles. The van der Waals surface area contributed by atoms with Crippen LogP contribution in [0.25, 0.3) is 16.2 Å². The Kier molecular flexibility index (Phi) is 5.88. The summed E-state index contributed by atoms with van der Waals surface area (Å²) in [4.78, 5) is 12.5. The zero-order valence-electron chi connectivity index (χ0n) is 17.4. The molecule has 5 rings (SSSR count). The van der Waals surface area contributed by atoms with Crippen LogP contribution < -0.4 is 0 Å². The number of fused-ring (bicyclic) bond motifs is 3. The molecule has 2 heterocycles. The Morgan fingerprint density at radius 3 is 2.70 bits per heavy atom. The number of oxime groups is 1. The molecule has 33 heavy (non-hydrogen) atoms. The quantitative estimate of drug-likeness (QED) is 0.220. The lowest BCUT2D eigenvalue weighted by atomic mass is 10.0. The van der Waals surface area contributed by atoms with E-state index >= 15 is 0 Å². The van der Waals surface area contributed by atoms with Gasteiger partial charge in [0.25, 0.3) is 0 Å². The van der Waals surface area contributed by atoms with Crippen LogP contribution in [-0.2, 0) is 30.5 Å². The molecule has 4 nitrogen and oxygen atoms in total. The van der Waals surface area contributed by atoms with E-state index < -0.39 is 11.7 Å². The zero-order valence-corrected chi connectivity index (χ0v) is 19.0. The van der Waals surface area contributed by atoms with Gasteiger partial charge in [0.1, 0.15) is 6.61 Å². The number of rotatable bonds is 5. The molecule has 0 spiro atoms. The second kappa shape index (κ2) is 8.83. The molecule has 0 atom stereocenters. The molecule has 0 radical (unpaired) electrons. The smallest absolute Gasteiger partial charge is 0.391 e. The third kappa shape index (κ3) is 4.50. The number of imidazole rings is 1. The molecule has 2 aromatic heterocycles. The van der Waals surface area contributed by atoms with Crippen molar-refractivity contribution in [2.24, 2.45) is 5.16 Å². The van der Waals surface area contributed by atoms with E-state index in [4.69, 9.17) is 21.4 Å². The molecule has 1 aliphatic rings. The molecule has 0 aliphatic heterocycles. The summed E-state index contributed by atoms with van der Waals surface area (Å²) in [6.07, 6.45) is 1.51. The van der Waals surface area contributed by atoms with Crippen LogP contribution in [0, 0.1) is 0 Å². The van der Waals surface area contributed by atoms with Crippen LogP contribution >= 0.6 is 22.9 Å². The molecule has 1 aliphatic carbocycles. The standard InChI is InChI=1S/C24H19ClF3N3OS/c25-18-10-8-16(9-11-18)22-20(31-19-6-1-2-7-21(19)33-23(31)30-22)13-29-32-14-15-4-3-5-17(12-15)24(26,27)28/h3-5,8-13H,1-2,6-7,14H2/b29-13+. The minimum absolute atomic E-state index is 0.0691. The van der Waals surface area contributed by atoms with Gasteiger partial charge in [-0.2, -0.15) is 13.2 Å². The maximum atomic E-state index is 12.9. The van der Waals surface area contributed by atoms with Gasteiger partial charge in [0.15, 0.2) is 4.96 Å². The fraction of sp³-hybridized carbons (Fsp3) is 0.250. The van der Waals surface area contributed by atoms with Gasteiger partial charge in [0.2, 0.25) is 0 Å². The van der Waals surface area contributed by atoms with Crippen molar-refractivity contribution in [3.63, 3.8) is 0 Å². The Bertz CT molecular complexity index is 1330. The van der Waals surface area contributed by atoms with Gasteiger partial charge in [-0.25, -0.2) is 4.98 Å². The van der Waals surface area contributed by atoms with Gasteiger partial charge in [-0.3, -0.25) is 4.40 Å². The van der Waals surface area contributed by atoms with E-state index in [1.807, 2.05) is 24.3 Å². The third-order valence-electron chi connectivity index (χ3n) is 5.61.